The second-order valence-electron chi connectivity index (χ2n) is 7.22. The lowest BCUT2D eigenvalue weighted by molar-refractivity contribution is -0.117. The quantitative estimate of drug-likeness (QED) is 0.592. The molecule has 0 bridgehead atoms. The zero-order valence-electron chi connectivity index (χ0n) is 17.4. The van der Waals surface area contributed by atoms with Gasteiger partial charge in [-0.15, -0.1) is 0 Å². The number of para-hydroxylation sites is 1. The molecule has 0 aromatic heterocycles. The SMILES string of the molecule is CC[C@H](C(=O)Nc1ccccc1-c1ccccc1)N(c1ccc(C)cc1)S(C)(=O)=O. The molecule has 5 nitrogen and oxygen atoms in total. The Kier molecular flexibility index (Phi) is 6.57. The first-order valence-electron chi connectivity index (χ1n) is 9.82. The van der Waals surface area contributed by atoms with E-state index in [9.17, 15) is 13.2 Å². The summed E-state index contributed by atoms with van der Waals surface area (Å²) in [5, 5.41) is 2.95. The number of carbonyl (C=O) groups excluding carboxylic acids is 1. The topological polar surface area (TPSA) is 66.5 Å². The normalized spacial score (nSPS) is 12.2. The van der Waals surface area contributed by atoms with Crippen LogP contribution in [0.2, 0.25) is 0 Å². The number of carbonyl (C=O) groups is 1. The van der Waals surface area contributed by atoms with Crippen LogP contribution in [0, 0.1) is 6.92 Å². The van der Waals surface area contributed by atoms with Gasteiger partial charge in [0.2, 0.25) is 15.9 Å². The fraction of sp³-hybridized carbons (Fsp3) is 0.208. The highest BCUT2D eigenvalue weighted by Gasteiger charge is 2.31. The number of benzene rings is 3. The maximum Gasteiger partial charge on any atom is 0.248 e. The van der Waals surface area contributed by atoms with Gasteiger partial charge in [0.05, 0.1) is 11.9 Å². The number of nitrogens with zero attached hydrogens (tertiary/aromatic N) is 1. The lowest BCUT2D eigenvalue weighted by Gasteiger charge is -2.30. The van der Waals surface area contributed by atoms with Crippen molar-refractivity contribution in [1.82, 2.24) is 0 Å². The van der Waals surface area contributed by atoms with Gasteiger partial charge in [-0.25, -0.2) is 8.42 Å². The molecule has 0 saturated heterocycles. The van der Waals surface area contributed by atoms with Crippen molar-refractivity contribution < 1.29 is 13.2 Å². The van der Waals surface area contributed by atoms with Gasteiger partial charge in [0.1, 0.15) is 6.04 Å². The number of hydrogen-bond acceptors (Lipinski definition) is 3. The molecule has 0 radical (unpaired) electrons. The van der Waals surface area contributed by atoms with Gasteiger partial charge in [-0.2, -0.15) is 0 Å². The molecule has 1 amide bonds. The third-order valence-corrected chi connectivity index (χ3v) is 6.07. The summed E-state index contributed by atoms with van der Waals surface area (Å²) in [6.07, 6.45) is 1.46. The summed E-state index contributed by atoms with van der Waals surface area (Å²) < 4.78 is 26.4. The van der Waals surface area contributed by atoms with Gasteiger partial charge in [-0.3, -0.25) is 9.10 Å². The van der Waals surface area contributed by atoms with Crippen LogP contribution >= 0.6 is 0 Å². The van der Waals surface area contributed by atoms with Crippen molar-refractivity contribution in [2.24, 2.45) is 0 Å². The van der Waals surface area contributed by atoms with E-state index in [-0.39, 0.29) is 5.91 Å². The summed E-state index contributed by atoms with van der Waals surface area (Å²) in [7, 11) is -3.67. The average molecular weight is 423 g/mol. The van der Waals surface area contributed by atoms with E-state index in [1.807, 2.05) is 73.7 Å². The maximum atomic E-state index is 13.2. The van der Waals surface area contributed by atoms with Gasteiger partial charge in [0.25, 0.3) is 0 Å². The molecule has 0 aliphatic rings. The molecule has 0 aliphatic heterocycles. The summed E-state index contributed by atoms with van der Waals surface area (Å²) in [5.74, 6) is -0.369. The highest BCUT2D eigenvalue weighted by molar-refractivity contribution is 7.92. The van der Waals surface area contributed by atoms with E-state index in [1.165, 1.54) is 4.31 Å². The van der Waals surface area contributed by atoms with E-state index in [1.54, 1.807) is 19.1 Å². The summed E-state index contributed by atoms with van der Waals surface area (Å²) >= 11 is 0. The minimum absolute atomic E-state index is 0.334. The van der Waals surface area contributed by atoms with E-state index in [2.05, 4.69) is 5.32 Å². The minimum atomic E-state index is -3.67. The molecular formula is C24H26N2O3S. The van der Waals surface area contributed by atoms with Gasteiger partial charge in [-0.1, -0.05) is 73.2 Å². The van der Waals surface area contributed by atoms with Crippen LogP contribution in [0.15, 0.2) is 78.9 Å². The Bertz CT molecular complexity index is 1110. The Balaban J connectivity index is 1.96. The van der Waals surface area contributed by atoms with Crippen molar-refractivity contribution >= 4 is 27.3 Å². The van der Waals surface area contributed by atoms with Crippen LogP contribution < -0.4 is 9.62 Å². The summed E-state index contributed by atoms with van der Waals surface area (Å²) in [6.45, 7) is 3.73. The summed E-state index contributed by atoms with van der Waals surface area (Å²) in [4.78, 5) is 13.2. The van der Waals surface area contributed by atoms with Gasteiger partial charge in [-0.05, 0) is 37.1 Å². The van der Waals surface area contributed by atoms with Crippen molar-refractivity contribution in [1.29, 1.82) is 0 Å². The Morgan fingerprint density at radius 2 is 1.53 bits per heavy atom. The number of amides is 1. The predicted octanol–water partition coefficient (Wildman–Crippen LogP) is 4.85. The van der Waals surface area contributed by atoms with Crippen LogP contribution in [0.3, 0.4) is 0 Å². The molecule has 156 valence electrons. The molecule has 30 heavy (non-hydrogen) atoms. The zero-order chi connectivity index (χ0) is 21.7. The third kappa shape index (κ3) is 4.89. The van der Waals surface area contributed by atoms with E-state index in [0.717, 1.165) is 22.9 Å². The highest BCUT2D eigenvalue weighted by atomic mass is 32.2. The fourth-order valence-corrected chi connectivity index (χ4v) is 4.64. The number of hydrogen-bond donors (Lipinski definition) is 1. The Morgan fingerprint density at radius 3 is 2.13 bits per heavy atom. The molecule has 6 heteroatoms. The van der Waals surface area contributed by atoms with E-state index < -0.39 is 16.1 Å². The smallest absolute Gasteiger partial charge is 0.248 e. The van der Waals surface area contributed by atoms with Gasteiger partial charge in [0, 0.05) is 11.3 Å². The van der Waals surface area contributed by atoms with Crippen LogP contribution in [0.1, 0.15) is 18.9 Å². The summed E-state index contributed by atoms with van der Waals surface area (Å²) in [6, 6.07) is 23.5. The van der Waals surface area contributed by atoms with Crippen molar-refractivity contribution in [3.63, 3.8) is 0 Å². The molecule has 0 unspecified atom stereocenters. The lowest BCUT2D eigenvalue weighted by Crippen LogP contribution is -2.47. The van der Waals surface area contributed by atoms with Crippen molar-refractivity contribution in [3.05, 3.63) is 84.4 Å². The largest absolute Gasteiger partial charge is 0.324 e. The fourth-order valence-electron chi connectivity index (χ4n) is 3.43. The number of aryl methyl sites for hydroxylation is 1. The molecule has 0 fully saturated rings. The van der Waals surface area contributed by atoms with E-state index in [0.29, 0.717) is 17.8 Å². The molecule has 1 atom stereocenters. The third-order valence-electron chi connectivity index (χ3n) is 4.89. The Labute approximate surface area is 178 Å². The number of anilines is 2. The molecule has 0 saturated carbocycles. The van der Waals surface area contributed by atoms with Crippen LogP contribution in [0.5, 0.6) is 0 Å². The van der Waals surface area contributed by atoms with E-state index >= 15 is 0 Å². The molecule has 3 aromatic rings. The number of nitrogens with one attached hydrogen (secondary N) is 1. The maximum absolute atomic E-state index is 13.2. The molecule has 0 aliphatic carbocycles. The standard InChI is InChI=1S/C24H26N2O3S/c1-4-23(26(30(3,28)29)20-16-14-18(2)15-17-20)24(27)25-22-13-9-8-12-21(22)19-10-6-5-7-11-19/h5-17,23H,4H2,1-3H3,(H,25,27)/t23-/m1/s1. The van der Waals surface area contributed by atoms with Gasteiger partial charge >= 0.3 is 0 Å². The van der Waals surface area contributed by atoms with Gasteiger partial charge in [0.15, 0.2) is 0 Å². The molecule has 3 aromatic carbocycles. The number of sulfonamides is 1. The zero-order valence-corrected chi connectivity index (χ0v) is 18.2. The van der Waals surface area contributed by atoms with Crippen LogP contribution in [-0.2, 0) is 14.8 Å². The molecule has 0 heterocycles. The van der Waals surface area contributed by atoms with Crippen molar-refractivity contribution in [2.45, 2.75) is 26.3 Å². The predicted molar refractivity (Wildman–Crippen MR) is 123 cm³/mol. The van der Waals surface area contributed by atoms with Crippen LogP contribution in [-0.4, -0.2) is 26.6 Å². The minimum Gasteiger partial charge on any atom is -0.324 e. The van der Waals surface area contributed by atoms with E-state index in [4.69, 9.17) is 0 Å². The highest BCUT2D eigenvalue weighted by Crippen LogP contribution is 2.29. The second-order valence-corrected chi connectivity index (χ2v) is 9.08. The molecule has 0 spiro atoms. The monoisotopic (exact) mass is 422 g/mol. The average Bonchev–Trinajstić information content (AvgIpc) is 2.73. The summed E-state index contributed by atoms with van der Waals surface area (Å²) in [5.41, 5.74) is 3.98. The first kappa shape index (κ1) is 21.6. The Morgan fingerprint density at radius 1 is 0.933 bits per heavy atom. The second kappa shape index (κ2) is 9.13. The first-order chi connectivity index (χ1) is 14.3. The van der Waals surface area contributed by atoms with Gasteiger partial charge < -0.3 is 5.32 Å². The lowest BCUT2D eigenvalue weighted by atomic mass is 10.0. The molecule has 1 N–H and O–H groups in total. The van der Waals surface area contributed by atoms with Crippen molar-refractivity contribution in [2.75, 3.05) is 15.9 Å². The van der Waals surface area contributed by atoms with Crippen LogP contribution in [0.25, 0.3) is 11.1 Å². The van der Waals surface area contributed by atoms with Crippen molar-refractivity contribution in [3.8, 4) is 11.1 Å². The Hall–Kier alpha value is -3.12. The molecule has 3 rings (SSSR count). The number of rotatable bonds is 7. The van der Waals surface area contributed by atoms with Crippen LogP contribution in [0.4, 0.5) is 11.4 Å². The molecular weight excluding hydrogens is 396 g/mol. The first-order valence-corrected chi connectivity index (χ1v) is 11.7.